The second-order valence-corrected chi connectivity index (χ2v) is 8.63. The summed E-state index contributed by atoms with van der Waals surface area (Å²) in [6.07, 6.45) is 3.81. The Hall–Kier alpha value is -3.33. The number of anilines is 1. The monoisotopic (exact) mass is 454 g/mol. The number of carbonyl (C=O) groups is 2. The van der Waals surface area contributed by atoms with Crippen LogP contribution in [0.25, 0.3) is 11.3 Å². The quantitative estimate of drug-likeness (QED) is 0.567. The number of thiophene rings is 1. The third kappa shape index (κ3) is 3.84. The summed E-state index contributed by atoms with van der Waals surface area (Å²) in [7, 11) is 0. The van der Waals surface area contributed by atoms with Crippen molar-refractivity contribution in [1.82, 2.24) is 5.16 Å². The Kier molecular flexibility index (Phi) is 5.57. The van der Waals surface area contributed by atoms with Crippen LogP contribution < -0.4 is 14.8 Å². The number of hydrogen-bond acceptors (Lipinski definition) is 8. The van der Waals surface area contributed by atoms with E-state index in [1.54, 1.807) is 25.1 Å². The van der Waals surface area contributed by atoms with Crippen molar-refractivity contribution in [1.29, 1.82) is 0 Å². The molecule has 1 aliphatic carbocycles. The maximum absolute atomic E-state index is 12.9. The molecular weight excluding hydrogens is 432 g/mol. The molecule has 0 unspecified atom stereocenters. The Morgan fingerprint density at radius 3 is 2.78 bits per heavy atom. The number of ether oxygens (including phenoxy) is 3. The maximum atomic E-state index is 12.9. The van der Waals surface area contributed by atoms with Crippen molar-refractivity contribution in [3.63, 3.8) is 0 Å². The van der Waals surface area contributed by atoms with Crippen LogP contribution in [0.2, 0.25) is 0 Å². The molecule has 0 fully saturated rings. The third-order valence-corrected chi connectivity index (χ3v) is 6.65. The minimum atomic E-state index is -0.443. The average molecular weight is 455 g/mol. The van der Waals surface area contributed by atoms with Crippen LogP contribution in [0.1, 0.15) is 51.1 Å². The molecule has 166 valence electrons. The van der Waals surface area contributed by atoms with Crippen LogP contribution in [0.5, 0.6) is 11.5 Å². The molecule has 2 aromatic heterocycles. The molecular formula is C23H22N2O6S. The van der Waals surface area contributed by atoms with Crippen molar-refractivity contribution in [2.24, 2.45) is 0 Å². The van der Waals surface area contributed by atoms with E-state index in [0.29, 0.717) is 41.0 Å². The van der Waals surface area contributed by atoms with E-state index in [-0.39, 0.29) is 12.3 Å². The van der Waals surface area contributed by atoms with Gasteiger partial charge in [-0.15, -0.1) is 11.3 Å². The second-order valence-electron chi connectivity index (χ2n) is 7.52. The smallest absolute Gasteiger partial charge is 0.341 e. The van der Waals surface area contributed by atoms with E-state index in [4.69, 9.17) is 18.7 Å². The number of nitrogens with zero attached hydrogens (tertiary/aromatic N) is 1. The van der Waals surface area contributed by atoms with E-state index in [1.165, 1.54) is 11.3 Å². The molecule has 0 atom stereocenters. The fraction of sp³-hybridized carbons (Fsp3) is 0.348. The van der Waals surface area contributed by atoms with Gasteiger partial charge in [0.1, 0.15) is 18.2 Å². The predicted octanol–water partition coefficient (Wildman–Crippen LogP) is 4.48. The summed E-state index contributed by atoms with van der Waals surface area (Å²) in [6, 6.07) is 6.98. The normalized spacial score (nSPS) is 14.5. The first kappa shape index (κ1) is 20.6. The fourth-order valence-corrected chi connectivity index (χ4v) is 5.23. The van der Waals surface area contributed by atoms with Gasteiger partial charge in [0, 0.05) is 16.5 Å². The standard InChI is InChI=1S/C23H22N2O6S/c1-2-28-23(27)20-14-5-3-4-6-19(14)32-22(20)24-21(26)15-12-17(31-25-15)13-7-8-16-18(11-13)30-10-9-29-16/h7-8,11-12H,2-6,9-10H2,1H3,(H,24,26). The number of esters is 1. The zero-order valence-corrected chi connectivity index (χ0v) is 18.4. The van der Waals surface area contributed by atoms with Gasteiger partial charge in [-0.1, -0.05) is 5.16 Å². The van der Waals surface area contributed by atoms with E-state index in [2.05, 4.69) is 10.5 Å². The van der Waals surface area contributed by atoms with Crippen LogP contribution in [0.15, 0.2) is 28.8 Å². The largest absolute Gasteiger partial charge is 0.486 e. The molecule has 0 saturated carbocycles. The van der Waals surface area contributed by atoms with Crippen molar-refractivity contribution in [2.75, 3.05) is 25.1 Å². The molecule has 3 heterocycles. The highest BCUT2D eigenvalue weighted by Gasteiger charge is 2.28. The lowest BCUT2D eigenvalue weighted by Gasteiger charge is -2.18. The Balaban J connectivity index is 1.39. The second kappa shape index (κ2) is 8.66. The van der Waals surface area contributed by atoms with Gasteiger partial charge < -0.3 is 24.1 Å². The number of aryl methyl sites for hydroxylation is 1. The lowest BCUT2D eigenvalue weighted by molar-refractivity contribution is 0.0526. The van der Waals surface area contributed by atoms with Crippen LogP contribution in [-0.4, -0.2) is 36.9 Å². The van der Waals surface area contributed by atoms with E-state index in [1.807, 2.05) is 6.07 Å². The molecule has 1 amide bonds. The van der Waals surface area contributed by atoms with Crippen LogP contribution in [0, 0.1) is 0 Å². The fourth-order valence-electron chi connectivity index (χ4n) is 3.96. The predicted molar refractivity (Wildman–Crippen MR) is 118 cm³/mol. The number of benzene rings is 1. The van der Waals surface area contributed by atoms with Crippen molar-refractivity contribution in [3.8, 4) is 22.8 Å². The zero-order chi connectivity index (χ0) is 22.1. The Bertz CT molecular complexity index is 1180. The molecule has 2 aliphatic rings. The van der Waals surface area contributed by atoms with Crippen molar-refractivity contribution in [2.45, 2.75) is 32.6 Å². The van der Waals surface area contributed by atoms with Crippen molar-refractivity contribution >= 4 is 28.2 Å². The first-order valence-corrected chi connectivity index (χ1v) is 11.5. The summed E-state index contributed by atoms with van der Waals surface area (Å²) in [5.74, 6) is 0.884. The van der Waals surface area contributed by atoms with E-state index in [0.717, 1.165) is 41.7 Å². The molecule has 5 rings (SSSR count). The summed E-state index contributed by atoms with van der Waals surface area (Å²) >= 11 is 1.44. The van der Waals surface area contributed by atoms with Gasteiger partial charge in [-0.3, -0.25) is 4.79 Å². The Morgan fingerprint density at radius 2 is 1.94 bits per heavy atom. The van der Waals surface area contributed by atoms with Gasteiger partial charge in [0.2, 0.25) is 0 Å². The molecule has 8 nitrogen and oxygen atoms in total. The van der Waals surface area contributed by atoms with Gasteiger partial charge in [0.25, 0.3) is 5.91 Å². The molecule has 1 aromatic carbocycles. The molecule has 0 bridgehead atoms. The van der Waals surface area contributed by atoms with E-state index < -0.39 is 11.9 Å². The van der Waals surface area contributed by atoms with Gasteiger partial charge in [-0.2, -0.15) is 0 Å². The average Bonchev–Trinajstić information content (AvgIpc) is 3.44. The SMILES string of the molecule is CCOC(=O)c1c(NC(=O)c2cc(-c3ccc4c(c3)OCCO4)on2)sc2c1CCCC2. The van der Waals surface area contributed by atoms with E-state index in [9.17, 15) is 9.59 Å². The summed E-state index contributed by atoms with van der Waals surface area (Å²) in [6.45, 7) is 3.04. The zero-order valence-electron chi connectivity index (χ0n) is 17.6. The van der Waals surface area contributed by atoms with Gasteiger partial charge in [-0.05, 0) is 56.4 Å². The topological polar surface area (TPSA) is 99.9 Å². The first-order valence-electron chi connectivity index (χ1n) is 10.6. The van der Waals surface area contributed by atoms with Gasteiger partial charge >= 0.3 is 5.97 Å². The third-order valence-electron chi connectivity index (χ3n) is 5.45. The number of rotatable bonds is 5. The number of amides is 1. The van der Waals surface area contributed by atoms with E-state index >= 15 is 0 Å². The summed E-state index contributed by atoms with van der Waals surface area (Å²) in [5.41, 5.74) is 2.30. The van der Waals surface area contributed by atoms with Crippen LogP contribution in [-0.2, 0) is 17.6 Å². The van der Waals surface area contributed by atoms with Crippen molar-refractivity contribution in [3.05, 3.63) is 46.0 Å². The number of nitrogens with one attached hydrogen (secondary N) is 1. The minimum absolute atomic E-state index is 0.121. The highest BCUT2D eigenvalue weighted by Crippen LogP contribution is 2.39. The molecule has 32 heavy (non-hydrogen) atoms. The minimum Gasteiger partial charge on any atom is -0.486 e. The summed E-state index contributed by atoms with van der Waals surface area (Å²) in [4.78, 5) is 26.6. The van der Waals surface area contributed by atoms with Gasteiger partial charge in [0.15, 0.2) is 23.0 Å². The summed E-state index contributed by atoms with van der Waals surface area (Å²) in [5, 5.41) is 7.28. The molecule has 1 aliphatic heterocycles. The summed E-state index contributed by atoms with van der Waals surface area (Å²) < 4.78 is 21.8. The van der Waals surface area contributed by atoms with Crippen LogP contribution >= 0.6 is 11.3 Å². The molecule has 0 radical (unpaired) electrons. The Morgan fingerprint density at radius 1 is 1.12 bits per heavy atom. The highest BCUT2D eigenvalue weighted by atomic mass is 32.1. The highest BCUT2D eigenvalue weighted by molar-refractivity contribution is 7.17. The molecule has 3 aromatic rings. The number of fused-ring (bicyclic) bond motifs is 2. The van der Waals surface area contributed by atoms with Crippen molar-refractivity contribution < 1.29 is 28.3 Å². The van der Waals surface area contributed by atoms with Crippen LogP contribution in [0.3, 0.4) is 0 Å². The number of aromatic nitrogens is 1. The van der Waals surface area contributed by atoms with Gasteiger partial charge in [0.05, 0.1) is 12.2 Å². The molecule has 1 N–H and O–H groups in total. The lowest BCUT2D eigenvalue weighted by atomic mass is 9.95. The van der Waals surface area contributed by atoms with Crippen LogP contribution in [0.4, 0.5) is 5.00 Å². The first-order chi connectivity index (χ1) is 15.6. The van der Waals surface area contributed by atoms with Gasteiger partial charge in [-0.25, -0.2) is 4.79 Å². The number of carbonyl (C=O) groups excluding carboxylic acids is 2. The maximum Gasteiger partial charge on any atom is 0.341 e. The molecule has 0 spiro atoms. The lowest BCUT2D eigenvalue weighted by Crippen LogP contribution is -2.16. The number of hydrogen-bond donors (Lipinski definition) is 1. The Labute approximate surface area is 188 Å². The molecule has 0 saturated heterocycles. The molecule has 9 heteroatoms.